The van der Waals surface area contributed by atoms with Crippen LogP contribution in [0.1, 0.15) is 18.5 Å². The molecule has 0 aliphatic carbocycles. The molecule has 1 atom stereocenters. The van der Waals surface area contributed by atoms with Crippen LogP contribution in [0.2, 0.25) is 0 Å². The highest BCUT2D eigenvalue weighted by Gasteiger charge is 2.15. The smallest absolute Gasteiger partial charge is 0.238 e. The Morgan fingerprint density at radius 2 is 1.81 bits per heavy atom. The van der Waals surface area contributed by atoms with Crippen LogP contribution in [-0.2, 0) is 14.6 Å². The van der Waals surface area contributed by atoms with Gasteiger partial charge in [-0.3, -0.25) is 4.79 Å². The zero-order valence-electron chi connectivity index (χ0n) is 8.88. The van der Waals surface area contributed by atoms with Gasteiger partial charge in [-0.05, 0) is 17.7 Å². The van der Waals surface area contributed by atoms with Crippen molar-refractivity contribution in [3.63, 3.8) is 0 Å². The average Bonchev–Trinajstić information content (AvgIpc) is 2.28. The zero-order chi connectivity index (χ0) is 12.3. The molecule has 0 aromatic heterocycles. The second-order valence-corrected chi connectivity index (χ2v) is 5.63. The Morgan fingerprint density at radius 1 is 1.31 bits per heavy atom. The number of primary amides is 1. The molecule has 4 N–H and O–H groups in total. The number of nitrogens with two attached hydrogens (primary N) is 2. The monoisotopic (exact) mass is 242 g/mol. The molecule has 16 heavy (non-hydrogen) atoms. The lowest BCUT2D eigenvalue weighted by Crippen LogP contribution is -2.28. The van der Waals surface area contributed by atoms with Gasteiger partial charge < -0.3 is 11.5 Å². The van der Waals surface area contributed by atoms with Crippen LogP contribution in [0.15, 0.2) is 29.2 Å². The molecule has 6 heteroatoms. The summed E-state index contributed by atoms with van der Waals surface area (Å²) in [6.07, 6.45) is 0. The zero-order valence-corrected chi connectivity index (χ0v) is 9.70. The third-order valence-corrected chi connectivity index (χ3v) is 4.04. The minimum atomic E-state index is -3.22. The van der Waals surface area contributed by atoms with Gasteiger partial charge in [0.05, 0.1) is 10.6 Å². The van der Waals surface area contributed by atoms with Gasteiger partial charge in [0.25, 0.3) is 0 Å². The van der Waals surface area contributed by atoms with E-state index in [1.807, 2.05) is 0 Å². The predicted molar refractivity (Wildman–Crippen MR) is 60.3 cm³/mol. The molecule has 88 valence electrons. The van der Waals surface area contributed by atoms with E-state index in [-0.39, 0.29) is 10.6 Å². The van der Waals surface area contributed by atoms with Gasteiger partial charge in [-0.15, -0.1) is 0 Å². The van der Waals surface area contributed by atoms with Crippen LogP contribution in [0.5, 0.6) is 0 Å². The molecule has 0 saturated heterocycles. The van der Waals surface area contributed by atoms with E-state index in [1.165, 1.54) is 24.3 Å². The van der Waals surface area contributed by atoms with E-state index in [0.717, 1.165) is 0 Å². The highest BCUT2D eigenvalue weighted by Crippen LogP contribution is 2.15. The lowest BCUT2D eigenvalue weighted by Gasteiger charge is -2.08. The molecule has 1 amide bonds. The predicted octanol–water partition coefficient (Wildman–Crippen LogP) is -0.0347. The Bertz CT molecular complexity index is 479. The van der Waals surface area contributed by atoms with Gasteiger partial charge in [0.15, 0.2) is 9.84 Å². The minimum Gasteiger partial charge on any atom is -0.368 e. The number of benzene rings is 1. The summed E-state index contributed by atoms with van der Waals surface area (Å²) in [7, 11) is -3.22. The fourth-order valence-electron chi connectivity index (χ4n) is 1.21. The molecule has 0 fully saturated rings. The first-order valence-corrected chi connectivity index (χ1v) is 6.41. The third kappa shape index (κ3) is 2.59. The number of hydrogen-bond donors (Lipinski definition) is 2. The van der Waals surface area contributed by atoms with Gasteiger partial charge in [-0.2, -0.15) is 0 Å². The van der Waals surface area contributed by atoms with Crippen molar-refractivity contribution in [3.05, 3.63) is 29.8 Å². The molecule has 0 spiro atoms. The van der Waals surface area contributed by atoms with Gasteiger partial charge in [-0.25, -0.2) is 8.42 Å². The molecule has 1 aromatic rings. The van der Waals surface area contributed by atoms with Crippen molar-refractivity contribution in [2.45, 2.75) is 17.9 Å². The van der Waals surface area contributed by atoms with E-state index in [0.29, 0.717) is 5.56 Å². The lowest BCUT2D eigenvalue weighted by molar-refractivity contribution is -0.119. The van der Waals surface area contributed by atoms with E-state index in [1.54, 1.807) is 6.92 Å². The number of carbonyl (C=O) groups excluding carboxylic acids is 1. The highest BCUT2D eigenvalue weighted by molar-refractivity contribution is 7.91. The largest absolute Gasteiger partial charge is 0.368 e. The van der Waals surface area contributed by atoms with Crippen LogP contribution in [0.25, 0.3) is 0 Å². The molecular weight excluding hydrogens is 228 g/mol. The van der Waals surface area contributed by atoms with Crippen molar-refractivity contribution in [2.75, 3.05) is 5.75 Å². The van der Waals surface area contributed by atoms with Crippen molar-refractivity contribution < 1.29 is 13.2 Å². The summed E-state index contributed by atoms with van der Waals surface area (Å²) in [5, 5.41) is 0. The molecule has 0 radical (unpaired) electrons. The fraction of sp³-hybridized carbons (Fsp3) is 0.300. The minimum absolute atomic E-state index is 0.0359. The molecule has 1 rings (SSSR count). The van der Waals surface area contributed by atoms with Gasteiger partial charge in [0, 0.05) is 0 Å². The molecule has 0 heterocycles. The maximum atomic E-state index is 11.5. The molecule has 5 nitrogen and oxygen atoms in total. The maximum absolute atomic E-state index is 11.5. The topological polar surface area (TPSA) is 103 Å². The molecule has 0 aliphatic heterocycles. The maximum Gasteiger partial charge on any atom is 0.238 e. The Morgan fingerprint density at radius 3 is 2.19 bits per heavy atom. The van der Waals surface area contributed by atoms with Crippen LogP contribution in [-0.4, -0.2) is 20.1 Å². The Kier molecular flexibility index (Phi) is 3.66. The Labute approximate surface area is 94.4 Å². The van der Waals surface area contributed by atoms with E-state index < -0.39 is 21.8 Å². The molecular formula is C10H14N2O3S. The number of rotatable bonds is 4. The van der Waals surface area contributed by atoms with Crippen molar-refractivity contribution in [1.82, 2.24) is 0 Å². The summed E-state index contributed by atoms with van der Waals surface area (Å²) in [6, 6.07) is 4.95. The standard InChI is InChI=1S/C10H14N2O3S/c1-2-16(14,15)8-5-3-7(4-6-8)9(11)10(12)13/h3-6,9H,2,11H2,1H3,(H2,12,13). The van der Waals surface area contributed by atoms with Crippen LogP contribution in [0, 0.1) is 0 Å². The molecule has 1 unspecified atom stereocenters. The normalized spacial score (nSPS) is 13.4. The first kappa shape index (κ1) is 12.7. The Hall–Kier alpha value is -1.40. The van der Waals surface area contributed by atoms with Crippen molar-refractivity contribution >= 4 is 15.7 Å². The quantitative estimate of drug-likeness (QED) is 0.773. The third-order valence-electron chi connectivity index (χ3n) is 2.28. The van der Waals surface area contributed by atoms with Crippen LogP contribution in [0.4, 0.5) is 0 Å². The molecule has 0 aliphatic rings. The first-order chi connectivity index (χ1) is 7.38. The number of carbonyl (C=O) groups is 1. The summed E-state index contributed by atoms with van der Waals surface area (Å²) in [4.78, 5) is 11.0. The van der Waals surface area contributed by atoms with Crippen LogP contribution < -0.4 is 11.5 Å². The van der Waals surface area contributed by atoms with E-state index >= 15 is 0 Å². The fourth-order valence-corrected chi connectivity index (χ4v) is 2.10. The van der Waals surface area contributed by atoms with Crippen LogP contribution >= 0.6 is 0 Å². The summed E-state index contributed by atoms with van der Waals surface area (Å²) in [6.45, 7) is 1.57. The summed E-state index contributed by atoms with van der Waals surface area (Å²) >= 11 is 0. The second kappa shape index (κ2) is 4.63. The summed E-state index contributed by atoms with van der Waals surface area (Å²) < 4.78 is 23.0. The van der Waals surface area contributed by atoms with Gasteiger partial charge >= 0.3 is 0 Å². The summed E-state index contributed by atoms with van der Waals surface area (Å²) in [5.41, 5.74) is 11.0. The second-order valence-electron chi connectivity index (χ2n) is 3.35. The van der Waals surface area contributed by atoms with E-state index in [2.05, 4.69) is 0 Å². The average molecular weight is 242 g/mol. The van der Waals surface area contributed by atoms with Crippen molar-refractivity contribution in [3.8, 4) is 0 Å². The number of sulfone groups is 1. The van der Waals surface area contributed by atoms with E-state index in [9.17, 15) is 13.2 Å². The lowest BCUT2D eigenvalue weighted by atomic mass is 10.1. The molecule has 0 saturated carbocycles. The van der Waals surface area contributed by atoms with Crippen LogP contribution in [0.3, 0.4) is 0 Å². The number of hydrogen-bond acceptors (Lipinski definition) is 4. The highest BCUT2D eigenvalue weighted by atomic mass is 32.2. The van der Waals surface area contributed by atoms with Crippen molar-refractivity contribution in [1.29, 1.82) is 0 Å². The SMILES string of the molecule is CCS(=O)(=O)c1ccc(C(N)C(N)=O)cc1. The first-order valence-electron chi connectivity index (χ1n) is 4.76. The van der Waals surface area contributed by atoms with Gasteiger partial charge in [0.2, 0.25) is 5.91 Å². The number of amides is 1. The Balaban J connectivity index is 3.05. The van der Waals surface area contributed by atoms with Gasteiger partial charge in [0.1, 0.15) is 6.04 Å². The van der Waals surface area contributed by atoms with Gasteiger partial charge in [-0.1, -0.05) is 19.1 Å². The molecule has 0 bridgehead atoms. The van der Waals surface area contributed by atoms with E-state index in [4.69, 9.17) is 11.5 Å². The summed E-state index contributed by atoms with van der Waals surface area (Å²) in [5.74, 6) is -0.611. The van der Waals surface area contributed by atoms with Crippen molar-refractivity contribution in [2.24, 2.45) is 11.5 Å². The molecule has 1 aromatic carbocycles.